The van der Waals surface area contributed by atoms with Gasteiger partial charge in [-0.25, -0.2) is 4.79 Å². The fraction of sp³-hybridized carbons (Fsp3) is 0.611. The lowest BCUT2D eigenvalue weighted by Crippen LogP contribution is -2.44. The fourth-order valence-electron chi connectivity index (χ4n) is 2.94. The topological polar surface area (TPSA) is 50.8 Å². The molecule has 0 radical (unpaired) electrons. The first-order valence-electron chi connectivity index (χ1n) is 8.12. The molecule has 1 aliphatic heterocycles. The Morgan fingerprint density at radius 1 is 1.26 bits per heavy atom. The molecule has 2 unspecified atom stereocenters. The van der Waals surface area contributed by atoms with Crippen molar-refractivity contribution in [3.05, 3.63) is 35.9 Å². The monoisotopic (exact) mass is 320 g/mol. The molecule has 1 aliphatic rings. The van der Waals surface area contributed by atoms with E-state index in [0.717, 1.165) is 19.6 Å². The van der Waals surface area contributed by atoms with Crippen LogP contribution in [0.2, 0.25) is 0 Å². The number of alkyl carbamates (subject to hydrolysis) is 1. The maximum atomic E-state index is 12.0. The van der Waals surface area contributed by atoms with Crippen molar-refractivity contribution in [2.24, 2.45) is 5.92 Å². The number of rotatable bonds is 5. The van der Waals surface area contributed by atoms with Gasteiger partial charge in [0.1, 0.15) is 5.60 Å². The zero-order chi connectivity index (χ0) is 16.9. The van der Waals surface area contributed by atoms with Crippen molar-refractivity contribution in [1.29, 1.82) is 0 Å². The van der Waals surface area contributed by atoms with Gasteiger partial charge in [-0.2, -0.15) is 0 Å². The molecule has 2 atom stereocenters. The summed E-state index contributed by atoms with van der Waals surface area (Å²) in [4.78, 5) is 14.4. The van der Waals surface area contributed by atoms with E-state index < -0.39 is 5.60 Å². The van der Waals surface area contributed by atoms with E-state index in [4.69, 9.17) is 9.47 Å². The van der Waals surface area contributed by atoms with E-state index in [0.29, 0.717) is 6.61 Å². The lowest BCUT2D eigenvalue weighted by Gasteiger charge is -2.24. The minimum atomic E-state index is -0.483. The maximum Gasteiger partial charge on any atom is 0.407 e. The smallest absolute Gasteiger partial charge is 0.407 e. The summed E-state index contributed by atoms with van der Waals surface area (Å²) in [6.07, 6.45) is -0.356. The van der Waals surface area contributed by atoms with E-state index in [1.165, 1.54) is 5.56 Å². The first kappa shape index (κ1) is 17.8. The Labute approximate surface area is 139 Å². The lowest BCUT2D eigenvalue weighted by molar-refractivity contribution is 0.0480. The van der Waals surface area contributed by atoms with Crippen LogP contribution in [0.25, 0.3) is 0 Å². The normalized spacial score (nSPS) is 22.1. The quantitative estimate of drug-likeness (QED) is 0.906. The number of amides is 1. The summed E-state index contributed by atoms with van der Waals surface area (Å²) < 4.78 is 10.7. The van der Waals surface area contributed by atoms with E-state index in [-0.39, 0.29) is 18.1 Å². The molecule has 5 heteroatoms. The van der Waals surface area contributed by atoms with Crippen LogP contribution in [0.15, 0.2) is 30.3 Å². The number of carbonyl (C=O) groups excluding carboxylic acids is 1. The molecule has 1 amide bonds. The highest BCUT2D eigenvalue weighted by Crippen LogP contribution is 2.20. The minimum Gasteiger partial charge on any atom is -0.444 e. The Kier molecular flexibility index (Phi) is 6.02. The number of nitrogens with one attached hydrogen (secondary N) is 1. The number of nitrogens with zero attached hydrogens (tertiary/aromatic N) is 1. The van der Waals surface area contributed by atoms with Crippen molar-refractivity contribution in [2.45, 2.75) is 39.0 Å². The first-order valence-corrected chi connectivity index (χ1v) is 8.12. The van der Waals surface area contributed by atoms with Crippen LogP contribution < -0.4 is 5.32 Å². The van der Waals surface area contributed by atoms with Gasteiger partial charge in [0.05, 0.1) is 12.6 Å². The third-order valence-corrected chi connectivity index (χ3v) is 3.85. The molecule has 128 valence electrons. The lowest BCUT2D eigenvalue weighted by atomic mass is 10.1. The van der Waals surface area contributed by atoms with E-state index in [1.807, 2.05) is 26.8 Å². The maximum absolute atomic E-state index is 12.0. The van der Waals surface area contributed by atoms with E-state index in [9.17, 15) is 4.79 Å². The van der Waals surface area contributed by atoms with Gasteiger partial charge in [0.25, 0.3) is 0 Å². The summed E-state index contributed by atoms with van der Waals surface area (Å²) in [5.74, 6) is 0.274. The molecule has 1 aromatic rings. The van der Waals surface area contributed by atoms with Crippen LogP contribution in [0.1, 0.15) is 26.3 Å². The van der Waals surface area contributed by atoms with Gasteiger partial charge in [0.2, 0.25) is 0 Å². The molecule has 1 fully saturated rings. The first-order chi connectivity index (χ1) is 10.9. The molecule has 1 heterocycles. The third kappa shape index (κ3) is 5.84. The molecular weight excluding hydrogens is 292 g/mol. The molecule has 1 N–H and O–H groups in total. The number of methoxy groups -OCH3 is 1. The summed E-state index contributed by atoms with van der Waals surface area (Å²) in [5.41, 5.74) is 0.796. The molecule has 0 bridgehead atoms. The van der Waals surface area contributed by atoms with Crippen molar-refractivity contribution in [2.75, 3.05) is 26.8 Å². The second-order valence-corrected chi connectivity index (χ2v) is 7.15. The van der Waals surface area contributed by atoms with Gasteiger partial charge >= 0.3 is 6.09 Å². The van der Waals surface area contributed by atoms with Gasteiger partial charge in [0, 0.05) is 32.7 Å². The van der Waals surface area contributed by atoms with Crippen molar-refractivity contribution in [1.82, 2.24) is 10.2 Å². The fourth-order valence-corrected chi connectivity index (χ4v) is 2.94. The van der Waals surface area contributed by atoms with Crippen LogP contribution in [0.3, 0.4) is 0 Å². The van der Waals surface area contributed by atoms with Gasteiger partial charge in [0.15, 0.2) is 0 Å². The molecule has 0 aromatic heterocycles. The van der Waals surface area contributed by atoms with Gasteiger partial charge in [-0.15, -0.1) is 0 Å². The van der Waals surface area contributed by atoms with Crippen LogP contribution in [-0.2, 0) is 16.0 Å². The van der Waals surface area contributed by atoms with Gasteiger partial charge in [-0.1, -0.05) is 30.3 Å². The van der Waals surface area contributed by atoms with Crippen LogP contribution in [0.5, 0.6) is 0 Å². The second-order valence-electron chi connectivity index (χ2n) is 7.15. The average Bonchev–Trinajstić information content (AvgIpc) is 2.80. The summed E-state index contributed by atoms with van der Waals surface area (Å²) in [7, 11) is 1.70. The summed E-state index contributed by atoms with van der Waals surface area (Å²) in [5, 5.41) is 3.00. The molecule has 1 aromatic carbocycles. The molecule has 23 heavy (non-hydrogen) atoms. The molecule has 0 aliphatic carbocycles. The Bertz CT molecular complexity index is 499. The van der Waals surface area contributed by atoms with Crippen molar-refractivity contribution >= 4 is 6.09 Å². The molecule has 0 spiro atoms. The summed E-state index contributed by atoms with van der Waals surface area (Å²) in [6.45, 7) is 8.84. The Morgan fingerprint density at radius 2 is 1.96 bits per heavy atom. The van der Waals surface area contributed by atoms with Crippen molar-refractivity contribution in [3.63, 3.8) is 0 Å². The number of ether oxygens (including phenoxy) is 2. The van der Waals surface area contributed by atoms with Gasteiger partial charge in [-0.05, 0) is 26.3 Å². The SMILES string of the molecule is COCC1CN(Cc2ccccc2)CC1NC(=O)OC(C)(C)C. The highest BCUT2D eigenvalue weighted by atomic mass is 16.6. The predicted molar refractivity (Wildman–Crippen MR) is 90.2 cm³/mol. The Hall–Kier alpha value is -1.59. The van der Waals surface area contributed by atoms with Crippen molar-refractivity contribution < 1.29 is 14.3 Å². The third-order valence-electron chi connectivity index (χ3n) is 3.85. The number of likely N-dealkylation sites (tertiary alicyclic amines) is 1. The Balaban J connectivity index is 1.93. The highest BCUT2D eigenvalue weighted by molar-refractivity contribution is 5.68. The van der Waals surface area contributed by atoms with E-state index in [1.54, 1.807) is 7.11 Å². The number of hydrogen-bond donors (Lipinski definition) is 1. The molecule has 5 nitrogen and oxygen atoms in total. The summed E-state index contributed by atoms with van der Waals surface area (Å²) in [6, 6.07) is 10.4. The number of benzene rings is 1. The average molecular weight is 320 g/mol. The van der Waals surface area contributed by atoms with Crippen LogP contribution in [-0.4, -0.2) is 49.4 Å². The highest BCUT2D eigenvalue weighted by Gasteiger charge is 2.34. The van der Waals surface area contributed by atoms with Crippen LogP contribution in [0, 0.1) is 5.92 Å². The van der Waals surface area contributed by atoms with Crippen molar-refractivity contribution in [3.8, 4) is 0 Å². The standard InChI is InChI=1S/C18H28N2O3/c1-18(2,3)23-17(21)19-16-12-20(11-15(16)13-22-4)10-14-8-6-5-7-9-14/h5-9,15-16H,10-13H2,1-4H3,(H,19,21). The minimum absolute atomic E-state index is 0.0495. The zero-order valence-electron chi connectivity index (χ0n) is 14.5. The van der Waals surface area contributed by atoms with E-state index >= 15 is 0 Å². The molecule has 0 saturated carbocycles. The van der Waals surface area contributed by atoms with Crippen LogP contribution in [0.4, 0.5) is 4.79 Å². The summed E-state index contributed by atoms with van der Waals surface area (Å²) >= 11 is 0. The predicted octanol–water partition coefficient (Wildman–Crippen LogP) is 2.66. The largest absolute Gasteiger partial charge is 0.444 e. The van der Waals surface area contributed by atoms with Gasteiger partial charge in [-0.3, -0.25) is 4.90 Å². The van der Waals surface area contributed by atoms with Crippen LogP contribution >= 0.6 is 0 Å². The van der Waals surface area contributed by atoms with E-state index in [2.05, 4.69) is 34.5 Å². The number of carbonyl (C=O) groups is 1. The number of hydrogen-bond acceptors (Lipinski definition) is 4. The molecule has 1 saturated heterocycles. The van der Waals surface area contributed by atoms with Gasteiger partial charge < -0.3 is 14.8 Å². The second kappa shape index (κ2) is 7.79. The Morgan fingerprint density at radius 3 is 2.57 bits per heavy atom. The molecular formula is C18H28N2O3. The molecule has 2 rings (SSSR count). The zero-order valence-corrected chi connectivity index (χ0v) is 14.5.